The summed E-state index contributed by atoms with van der Waals surface area (Å²) >= 11 is 0. The number of carbonyl (C=O) groups is 2. The van der Waals surface area contributed by atoms with Crippen LogP contribution in [0.5, 0.6) is 0 Å². The second-order valence-corrected chi connectivity index (χ2v) is 15.7. The van der Waals surface area contributed by atoms with Gasteiger partial charge in [-0.05, 0) is 64.0 Å². The molecular weight excluding hydrogens is 620 g/mol. The minimum absolute atomic E-state index is 0.0177. The predicted molar refractivity (Wildman–Crippen MR) is 165 cm³/mol. The fraction of sp³-hybridized carbons (Fsp3) is 0.568. The molecule has 0 bridgehead atoms. The molecule has 5 heterocycles. The van der Waals surface area contributed by atoms with E-state index in [1.54, 1.807) is 32.9 Å². The van der Waals surface area contributed by atoms with Crippen molar-refractivity contribution in [1.82, 2.24) is 0 Å². The van der Waals surface area contributed by atoms with E-state index in [-0.39, 0.29) is 47.4 Å². The van der Waals surface area contributed by atoms with Gasteiger partial charge in [-0.1, -0.05) is 51.1 Å². The number of furan rings is 1. The molecule has 1 aromatic heterocycles. The highest BCUT2D eigenvalue weighted by Crippen LogP contribution is 2.83. The number of rotatable bonds is 6. The summed E-state index contributed by atoms with van der Waals surface area (Å²) in [5, 5.41) is 11.1. The molecule has 10 atom stereocenters. The van der Waals surface area contributed by atoms with Crippen molar-refractivity contribution in [2.45, 2.75) is 114 Å². The fourth-order valence-corrected chi connectivity index (χ4v) is 9.77. The van der Waals surface area contributed by atoms with Crippen molar-refractivity contribution in [2.24, 2.45) is 17.3 Å². The molecule has 48 heavy (non-hydrogen) atoms. The van der Waals surface area contributed by atoms with E-state index in [9.17, 15) is 14.7 Å². The molecule has 2 aromatic rings. The van der Waals surface area contributed by atoms with E-state index in [4.69, 9.17) is 37.6 Å². The third-order valence-corrected chi connectivity index (χ3v) is 11.9. The molecule has 11 heteroatoms. The highest BCUT2D eigenvalue weighted by molar-refractivity contribution is 5.97. The lowest BCUT2D eigenvalue weighted by molar-refractivity contribution is -0.134. The van der Waals surface area contributed by atoms with E-state index in [0.717, 1.165) is 5.57 Å². The van der Waals surface area contributed by atoms with Crippen molar-refractivity contribution in [3.63, 3.8) is 0 Å². The summed E-state index contributed by atoms with van der Waals surface area (Å²) in [6.45, 7) is 11.7. The molecule has 2 saturated carbocycles. The van der Waals surface area contributed by atoms with Gasteiger partial charge in [0.25, 0.3) is 6.29 Å². The van der Waals surface area contributed by atoms with Crippen molar-refractivity contribution in [1.29, 1.82) is 0 Å². The molecule has 3 aliphatic carbocycles. The van der Waals surface area contributed by atoms with Gasteiger partial charge < -0.3 is 42.7 Å². The number of carbonyl (C=O) groups excluding carboxylic acids is 2. The van der Waals surface area contributed by atoms with E-state index in [1.807, 2.05) is 30.3 Å². The number of hydrogen-bond donors (Lipinski definition) is 1. The van der Waals surface area contributed by atoms with E-state index in [1.165, 1.54) is 6.26 Å². The van der Waals surface area contributed by atoms with Crippen LogP contribution in [0.15, 0.2) is 70.1 Å². The normalized spacial score (nSPS) is 41.4. The largest absolute Gasteiger partial charge is 0.509 e. The van der Waals surface area contributed by atoms with Gasteiger partial charge in [0.05, 0.1) is 12.4 Å². The molecule has 2 spiro atoms. The highest BCUT2D eigenvalue weighted by atomic mass is 16.8. The maximum atomic E-state index is 13.6. The van der Waals surface area contributed by atoms with E-state index >= 15 is 0 Å². The van der Waals surface area contributed by atoms with Crippen LogP contribution in [0.1, 0.15) is 78.4 Å². The Kier molecular flexibility index (Phi) is 6.04. The van der Waals surface area contributed by atoms with Gasteiger partial charge in [-0.15, -0.1) is 0 Å². The van der Waals surface area contributed by atoms with Crippen LogP contribution in [0.2, 0.25) is 0 Å². The zero-order chi connectivity index (χ0) is 33.6. The Bertz CT molecular complexity index is 1770. The Morgan fingerprint density at radius 1 is 1.04 bits per heavy atom. The SMILES string of the molecule is CC(C)[C@]12O[C@H]1[C@@H]1O[C@]13[C@]1(O[C@H]1C[C@H]1C4=C(CC[C@@]13C)C(=O)O/C4=C(/OC(O)c1ccco1)c1ccccc1)[C@@H]2OC(=O)OC(C)(C)C. The first kappa shape index (κ1) is 30.4. The maximum Gasteiger partial charge on any atom is 0.509 e. The molecule has 11 nitrogen and oxygen atoms in total. The van der Waals surface area contributed by atoms with Crippen LogP contribution in [0.25, 0.3) is 5.76 Å². The van der Waals surface area contributed by atoms with Crippen molar-refractivity contribution in [3.05, 3.63) is 77.0 Å². The number of aliphatic hydroxyl groups excluding tert-OH is 1. The number of fused-ring (bicyclic) bond motifs is 4. The standard InChI is InChI=1S/C37H40O11/c1-18(2)35-27(46-35)28-37(47-28)34(6)15-14-20-24(21(34)17-23-36(37,45-23)31(35)44-32(40)48-33(3,4)5)26(43-29(20)38)25(19-11-8-7-9-12-19)42-30(39)22-13-10-16-41-22/h7-13,16,18,21,23,27-28,30-31,39H,14-15,17H2,1-6H3/b26-25+/t21-,23-,27-,28-,30?,31+,34-,35-,36+,37+/m0/s1. The minimum Gasteiger partial charge on any atom is -0.463 e. The van der Waals surface area contributed by atoms with Crippen LogP contribution in [-0.2, 0) is 38.0 Å². The van der Waals surface area contributed by atoms with Gasteiger partial charge in [0.2, 0.25) is 0 Å². The van der Waals surface area contributed by atoms with Gasteiger partial charge in [0.1, 0.15) is 29.0 Å². The molecule has 1 aromatic carbocycles. The summed E-state index contributed by atoms with van der Waals surface area (Å²) in [5.41, 5.74) is -1.86. The molecule has 1 unspecified atom stereocenters. The van der Waals surface area contributed by atoms with Crippen molar-refractivity contribution < 1.29 is 52.3 Å². The average Bonchev–Trinajstić information content (AvgIpc) is 3.97. The Morgan fingerprint density at radius 2 is 1.81 bits per heavy atom. The maximum absolute atomic E-state index is 13.6. The Hall–Kier alpha value is -3.64. The molecule has 5 fully saturated rings. The number of ether oxygens (including phenoxy) is 7. The molecule has 9 rings (SSSR count). The molecule has 0 radical (unpaired) electrons. The molecule has 7 aliphatic rings. The number of epoxide rings is 3. The first-order chi connectivity index (χ1) is 22.8. The van der Waals surface area contributed by atoms with E-state index < -0.39 is 52.3 Å². The van der Waals surface area contributed by atoms with Crippen molar-refractivity contribution in [2.75, 3.05) is 0 Å². The number of aliphatic hydroxyl groups is 1. The second kappa shape index (κ2) is 9.53. The third kappa shape index (κ3) is 3.73. The number of allylic oxidation sites excluding steroid dienone is 1. The van der Waals surface area contributed by atoms with Crippen LogP contribution in [0.4, 0.5) is 4.79 Å². The van der Waals surface area contributed by atoms with Crippen LogP contribution in [0.3, 0.4) is 0 Å². The monoisotopic (exact) mass is 660 g/mol. The van der Waals surface area contributed by atoms with Crippen LogP contribution in [0, 0.1) is 17.3 Å². The first-order valence-electron chi connectivity index (χ1n) is 16.8. The van der Waals surface area contributed by atoms with Gasteiger partial charge in [0.15, 0.2) is 29.0 Å². The summed E-state index contributed by atoms with van der Waals surface area (Å²) in [5.74, 6) is 0.0916. The van der Waals surface area contributed by atoms with Crippen LogP contribution >= 0.6 is 0 Å². The number of hydrogen-bond acceptors (Lipinski definition) is 11. The summed E-state index contributed by atoms with van der Waals surface area (Å²) in [7, 11) is 0. The molecule has 4 aliphatic heterocycles. The summed E-state index contributed by atoms with van der Waals surface area (Å²) in [6.07, 6.45) is -0.780. The molecule has 254 valence electrons. The summed E-state index contributed by atoms with van der Waals surface area (Å²) in [4.78, 5) is 26.8. The zero-order valence-electron chi connectivity index (χ0n) is 27.8. The van der Waals surface area contributed by atoms with Gasteiger partial charge in [0, 0.05) is 22.1 Å². The minimum atomic E-state index is -1.44. The smallest absolute Gasteiger partial charge is 0.463 e. The van der Waals surface area contributed by atoms with Gasteiger partial charge >= 0.3 is 12.1 Å². The summed E-state index contributed by atoms with van der Waals surface area (Å²) < 4.78 is 49.8. The van der Waals surface area contributed by atoms with Gasteiger partial charge in [-0.25, -0.2) is 9.59 Å². The molecule has 0 amide bonds. The fourth-order valence-electron chi connectivity index (χ4n) is 9.77. The van der Waals surface area contributed by atoms with Gasteiger partial charge in [-0.3, -0.25) is 0 Å². The van der Waals surface area contributed by atoms with Crippen molar-refractivity contribution >= 4 is 17.9 Å². The number of benzene rings is 1. The highest BCUT2D eigenvalue weighted by Gasteiger charge is 3.01. The third-order valence-electron chi connectivity index (χ3n) is 11.9. The molecule has 1 N–H and O–H groups in total. The Balaban J connectivity index is 1.14. The zero-order valence-corrected chi connectivity index (χ0v) is 27.8. The lowest BCUT2D eigenvalue weighted by Gasteiger charge is -2.53. The average molecular weight is 661 g/mol. The Morgan fingerprint density at radius 3 is 2.50 bits per heavy atom. The number of cyclic esters (lactones) is 1. The van der Waals surface area contributed by atoms with Gasteiger partial charge in [-0.2, -0.15) is 0 Å². The van der Waals surface area contributed by atoms with Crippen LogP contribution < -0.4 is 0 Å². The Labute approximate surface area is 278 Å². The van der Waals surface area contributed by atoms with E-state index in [0.29, 0.717) is 30.4 Å². The molecule has 3 saturated heterocycles. The van der Waals surface area contributed by atoms with E-state index in [2.05, 4.69) is 20.8 Å². The summed E-state index contributed by atoms with van der Waals surface area (Å²) in [6, 6.07) is 12.6. The lowest BCUT2D eigenvalue weighted by Crippen LogP contribution is -2.70. The quantitative estimate of drug-likeness (QED) is 0.176. The number of esters is 1. The van der Waals surface area contributed by atoms with Crippen LogP contribution in [-0.4, -0.2) is 64.1 Å². The second-order valence-electron chi connectivity index (χ2n) is 15.7. The predicted octanol–water partition coefficient (Wildman–Crippen LogP) is 5.73. The lowest BCUT2D eigenvalue weighted by atomic mass is 9.46. The molecular formula is C37H40O11. The first-order valence-corrected chi connectivity index (χ1v) is 16.8. The van der Waals surface area contributed by atoms with Crippen molar-refractivity contribution in [3.8, 4) is 0 Å². The topological polar surface area (TPSA) is 142 Å².